The van der Waals surface area contributed by atoms with Crippen molar-refractivity contribution >= 4 is 38.7 Å². The molecule has 2 atom stereocenters. The minimum atomic E-state index is -0.445. The summed E-state index contributed by atoms with van der Waals surface area (Å²) in [6.45, 7) is 1.45. The molecule has 0 aliphatic heterocycles. The SMILES string of the molecule is CC(=O)NC(CC(=O)NC(c1ccccc1)c1cc2ccccc2o1)c1ccc(Br)cc1. The molecule has 0 aliphatic rings. The van der Waals surface area contributed by atoms with Gasteiger partial charge < -0.3 is 15.1 Å². The van der Waals surface area contributed by atoms with Gasteiger partial charge in [-0.2, -0.15) is 0 Å². The number of hydrogen-bond donors (Lipinski definition) is 2. The lowest BCUT2D eigenvalue weighted by Crippen LogP contribution is -2.34. The molecular formula is C26H23BrN2O3. The first-order chi connectivity index (χ1) is 15.5. The maximum absolute atomic E-state index is 13.1. The van der Waals surface area contributed by atoms with E-state index in [1.807, 2.05) is 84.9 Å². The standard InChI is InChI=1S/C26H23BrN2O3/c1-17(30)28-22(18-11-13-21(27)14-12-18)16-25(31)29-26(19-7-3-2-4-8-19)24-15-20-9-5-6-10-23(20)32-24/h2-15,22,26H,16H2,1H3,(H,28,30)(H,29,31). The molecule has 1 heterocycles. The van der Waals surface area contributed by atoms with E-state index in [2.05, 4.69) is 26.6 Å². The minimum absolute atomic E-state index is 0.102. The quantitative estimate of drug-likeness (QED) is 0.350. The van der Waals surface area contributed by atoms with Crippen LogP contribution in [-0.4, -0.2) is 11.8 Å². The summed E-state index contributed by atoms with van der Waals surface area (Å²) in [6, 6.07) is 26.1. The lowest BCUT2D eigenvalue weighted by atomic mass is 10.0. The second-order valence-corrected chi connectivity index (χ2v) is 8.52. The van der Waals surface area contributed by atoms with Crippen molar-refractivity contribution in [2.45, 2.75) is 25.4 Å². The van der Waals surface area contributed by atoms with Gasteiger partial charge in [0.25, 0.3) is 0 Å². The van der Waals surface area contributed by atoms with Gasteiger partial charge in [0.05, 0.1) is 12.5 Å². The van der Waals surface area contributed by atoms with E-state index >= 15 is 0 Å². The Balaban J connectivity index is 1.60. The van der Waals surface area contributed by atoms with E-state index in [9.17, 15) is 9.59 Å². The van der Waals surface area contributed by atoms with Gasteiger partial charge in [-0.25, -0.2) is 0 Å². The Morgan fingerprint density at radius 2 is 1.56 bits per heavy atom. The second-order valence-electron chi connectivity index (χ2n) is 7.61. The van der Waals surface area contributed by atoms with Gasteiger partial charge in [0.2, 0.25) is 11.8 Å². The topological polar surface area (TPSA) is 71.3 Å². The lowest BCUT2D eigenvalue weighted by molar-refractivity contribution is -0.123. The molecule has 0 fully saturated rings. The molecule has 4 aromatic rings. The molecule has 162 valence electrons. The van der Waals surface area contributed by atoms with Crippen LogP contribution in [0, 0.1) is 0 Å². The van der Waals surface area contributed by atoms with Crippen LogP contribution >= 0.6 is 15.9 Å². The Hall–Kier alpha value is -3.38. The molecule has 0 bridgehead atoms. The van der Waals surface area contributed by atoms with E-state index in [0.717, 1.165) is 26.6 Å². The Morgan fingerprint density at radius 3 is 2.25 bits per heavy atom. The number of hydrogen-bond acceptors (Lipinski definition) is 3. The Bertz CT molecular complexity index is 1190. The molecule has 4 rings (SSSR count). The summed E-state index contributed by atoms with van der Waals surface area (Å²) in [4.78, 5) is 24.9. The molecule has 5 nitrogen and oxygen atoms in total. The zero-order valence-electron chi connectivity index (χ0n) is 17.5. The lowest BCUT2D eigenvalue weighted by Gasteiger charge is -2.21. The maximum Gasteiger partial charge on any atom is 0.223 e. The fourth-order valence-electron chi connectivity index (χ4n) is 3.71. The number of amides is 2. The Morgan fingerprint density at radius 1 is 0.875 bits per heavy atom. The van der Waals surface area contributed by atoms with Gasteiger partial charge >= 0.3 is 0 Å². The summed E-state index contributed by atoms with van der Waals surface area (Å²) < 4.78 is 6.99. The molecule has 3 aromatic carbocycles. The van der Waals surface area contributed by atoms with Crippen LogP contribution in [0.3, 0.4) is 0 Å². The predicted molar refractivity (Wildman–Crippen MR) is 128 cm³/mol. The van der Waals surface area contributed by atoms with E-state index in [-0.39, 0.29) is 18.2 Å². The van der Waals surface area contributed by atoms with Crippen LogP contribution in [0.15, 0.2) is 93.8 Å². The number of furan rings is 1. The smallest absolute Gasteiger partial charge is 0.223 e. The average Bonchev–Trinajstić information content (AvgIpc) is 3.22. The molecule has 0 radical (unpaired) electrons. The average molecular weight is 491 g/mol. The van der Waals surface area contributed by atoms with E-state index in [1.165, 1.54) is 6.92 Å². The van der Waals surface area contributed by atoms with E-state index in [0.29, 0.717) is 5.76 Å². The van der Waals surface area contributed by atoms with Gasteiger partial charge in [-0.15, -0.1) is 0 Å². The number of carbonyl (C=O) groups is 2. The van der Waals surface area contributed by atoms with Crippen LogP contribution < -0.4 is 10.6 Å². The molecule has 32 heavy (non-hydrogen) atoms. The van der Waals surface area contributed by atoms with Crippen molar-refractivity contribution in [1.82, 2.24) is 10.6 Å². The number of carbonyl (C=O) groups excluding carboxylic acids is 2. The molecule has 0 spiro atoms. The molecule has 0 aliphatic carbocycles. The van der Waals surface area contributed by atoms with Crippen molar-refractivity contribution < 1.29 is 14.0 Å². The summed E-state index contributed by atoms with van der Waals surface area (Å²) in [6.07, 6.45) is 0.102. The second kappa shape index (κ2) is 9.83. The molecule has 2 amide bonds. The van der Waals surface area contributed by atoms with Crippen LogP contribution in [0.25, 0.3) is 11.0 Å². The molecule has 6 heteroatoms. The number of benzene rings is 3. The highest BCUT2D eigenvalue weighted by Gasteiger charge is 2.24. The van der Waals surface area contributed by atoms with Crippen molar-refractivity contribution in [2.24, 2.45) is 0 Å². The zero-order chi connectivity index (χ0) is 22.5. The first-order valence-electron chi connectivity index (χ1n) is 10.3. The van der Waals surface area contributed by atoms with Crippen LogP contribution in [0.5, 0.6) is 0 Å². The molecule has 1 aromatic heterocycles. The Labute approximate surface area is 195 Å². The van der Waals surface area contributed by atoms with Crippen molar-refractivity contribution in [3.8, 4) is 0 Å². The predicted octanol–water partition coefficient (Wildman–Crippen LogP) is 5.67. The van der Waals surface area contributed by atoms with Crippen molar-refractivity contribution in [3.05, 3.63) is 106 Å². The van der Waals surface area contributed by atoms with Crippen molar-refractivity contribution in [1.29, 1.82) is 0 Å². The van der Waals surface area contributed by atoms with Gasteiger partial charge in [0.15, 0.2) is 0 Å². The molecule has 2 unspecified atom stereocenters. The normalized spacial score (nSPS) is 12.8. The van der Waals surface area contributed by atoms with Crippen LogP contribution in [0.2, 0.25) is 0 Å². The first-order valence-corrected chi connectivity index (χ1v) is 11.1. The minimum Gasteiger partial charge on any atom is -0.459 e. The van der Waals surface area contributed by atoms with E-state index < -0.39 is 12.1 Å². The van der Waals surface area contributed by atoms with Gasteiger partial charge in [0.1, 0.15) is 17.4 Å². The molecule has 0 saturated heterocycles. The third-order valence-corrected chi connectivity index (χ3v) is 5.74. The summed E-state index contributed by atoms with van der Waals surface area (Å²) in [5, 5.41) is 6.96. The highest BCUT2D eigenvalue weighted by Crippen LogP contribution is 2.29. The van der Waals surface area contributed by atoms with Crippen LogP contribution in [0.4, 0.5) is 0 Å². The van der Waals surface area contributed by atoms with Crippen LogP contribution in [0.1, 0.15) is 42.3 Å². The van der Waals surface area contributed by atoms with Gasteiger partial charge in [-0.3, -0.25) is 9.59 Å². The maximum atomic E-state index is 13.1. The summed E-state index contributed by atoms with van der Waals surface area (Å²) >= 11 is 3.42. The highest BCUT2D eigenvalue weighted by molar-refractivity contribution is 9.10. The first kappa shape index (κ1) is 21.8. The monoisotopic (exact) mass is 490 g/mol. The van der Waals surface area contributed by atoms with Gasteiger partial charge in [-0.1, -0.05) is 76.6 Å². The number of rotatable bonds is 7. The summed E-state index contributed by atoms with van der Waals surface area (Å²) in [5.41, 5.74) is 2.54. The number of para-hydroxylation sites is 1. The van der Waals surface area contributed by atoms with Gasteiger partial charge in [0, 0.05) is 16.8 Å². The van der Waals surface area contributed by atoms with Crippen molar-refractivity contribution in [2.75, 3.05) is 0 Å². The van der Waals surface area contributed by atoms with Crippen LogP contribution in [-0.2, 0) is 9.59 Å². The third-order valence-electron chi connectivity index (χ3n) is 5.21. The van der Waals surface area contributed by atoms with Gasteiger partial charge in [-0.05, 0) is 35.4 Å². The molecular weight excluding hydrogens is 468 g/mol. The summed E-state index contributed by atoms with van der Waals surface area (Å²) in [7, 11) is 0. The number of fused-ring (bicyclic) bond motifs is 1. The number of halogens is 1. The zero-order valence-corrected chi connectivity index (χ0v) is 19.1. The highest BCUT2D eigenvalue weighted by atomic mass is 79.9. The number of nitrogens with one attached hydrogen (secondary N) is 2. The fourth-order valence-corrected chi connectivity index (χ4v) is 3.97. The Kier molecular flexibility index (Phi) is 6.71. The fraction of sp³-hybridized carbons (Fsp3) is 0.154. The van der Waals surface area contributed by atoms with E-state index in [4.69, 9.17) is 4.42 Å². The third kappa shape index (κ3) is 5.26. The van der Waals surface area contributed by atoms with E-state index in [1.54, 1.807) is 0 Å². The summed E-state index contributed by atoms with van der Waals surface area (Å²) in [5.74, 6) is 0.272. The molecule has 2 N–H and O–H groups in total. The molecule has 0 saturated carbocycles. The largest absolute Gasteiger partial charge is 0.459 e. The van der Waals surface area contributed by atoms with Crippen molar-refractivity contribution in [3.63, 3.8) is 0 Å².